The summed E-state index contributed by atoms with van der Waals surface area (Å²) < 4.78 is 23.7. The Bertz CT molecular complexity index is 437. The number of imidazole rings is 1. The Kier molecular flexibility index (Phi) is 4.54. The van der Waals surface area contributed by atoms with E-state index in [1.165, 1.54) is 6.26 Å². The summed E-state index contributed by atoms with van der Waals surface area (Å²) in [5.41, 5.74) is 0. The Morgan fingerprint density at radius 3 is 3.00 bits per heavy atom. The Morgan fingerprint density at radius 1 is 1.62 bits per heavy atom. The van der Waals surface area contributed by atoms with Crippen LogP contribution in [0.2, 0.25) is 0 Å². The van der Waals surface area contributed by atoms with E-state index in [0.717, 1.165) is 5.95 Å². The van der Waals surface area contributed by atoms with Crippen molar-refractivity contribution in [2.24, 2.45) is 0 Å². The van der Waals surface area contributed by atoms with Gasteiger partial charge in [-0.1, -0.05) is 6.08 Å². The molecule has 0 amide bonds. The van der Waals surface area contributed by atoms with Crippen molar-refractivity contribution in [3.8, 4) is 0 Å². The van der Waals surface area contributed by atoms with Crippen LogP contribution >= 0.6 is 0 Å². The van der Waals surface area contributed by atoms with Gasteiger partial charge in [0.05, 0.1) is 5.75 Å². The van der Waals surface area contributed by atoms with Crippen LogP contribution in [0.1, 0.15) is 6.42 Å². The molecule has 6 heteroatoms. The second-order valence-electron chi connectivity index (χ2n) is 3.60. The van der Waals surface area contributed by atoms with Crippen LogP contribution < -0.4 is 5.32 Å². The highest BCUT2D eigenvalue weighted by Crippen LogP contribution is 2.04. The number of anilines is 1. The van der Waals surface area contributed by atoms with E-state index in [2.05, 4.69) is 16.9 Å². The van der Waals surface area contributed by atoms with Gasteiger partial charge in [0.15, 0.2) is 0 Å². The Balaban J connectivity index is 2.37. The van der Waals surface area contributed by atoms with E-state index in [1.807, 2.05) is 10.8 Å². The summed E-state index contributed by atoms with van der Waals surface area (Å²) in [6, 6.07) is 0. The lowest BCUT2D eigenvalue weighted by Gasteiger charge is -2.07. The van der Waals surface area contributed by atoms with E-state index >= 15 is 0 Å². The third-order valence-corrected chi connectivity index (χ3v) is 3.05. The minimum absolute atomic E-state index is 0.197. The molecule has 1 aromatic rings. The molecule has 0 aliphatic rings. The highest BCUT2D eigenvalue weighted by Gasteiger charge is 2.03. The first-order valence-electron chi connectivity index (χ1n) is 5.06. The molecule has 1 heterocycles. The molecule has 0 unspecified atom stereocenters. The van der Waals surface area contributed by atoms with Crippen LogP contribution in [0.25, 0.3) is 0 Å². The van der Waals surface area contributed by atoms with E-state index in [0.29, 0.717) is 19.5 Å². The fourth-order valence-corrected chi connectivity index (χ4v) is 1.97. The molecular formula is C10H17N3O2S. The quantitative estimate of drug-likeness (QED) is 0.571. The molecule has 16 heavy (non-hydrogen) atoms. The number of hydrogen-bond acceptors (Lipinski definition) is 4. The van der Waals surface area contributed by atoms with Gasteiger partial charge >= 0.3 is 0 Å². The summed E-state index contributed by atoms with van der Waals surface area (Å²) in [6.45, 7) is 4.94. The monoisotopic (exact) mass is 243 g/mol. The standard InChI is InChI=1S/C10H17N3O2S/c1-3-7-13-8-6-12-10(13)11-5-4-9-16(2,14)15/h3,6,8H,1,4-5,7,9H2,2H3,(H,11,12). The lowest BCUT2D eigenvalue weighted by Crippen LogP contribution is -2.12. The fraction of sp³-hybridized carbons (Fsp3) is 0.500. The molecule has 90 valence electrons. The lowest BCUT2D eigenvalue weighted by molar-refractivity contribution is 0.600. The second kappa shape index (κ2) is 5.69. The molecular weight excluding hydrogens is 226 g/mol. The van der Waals surface area contributed by atoms with Crippen LogP contribution in [0.3, 0.4) is 0 Å². The zero-order chi connectivity index (χ0) is 12.0. The third kappa shape index (κ3) is 4.48. The van der Waals surface area contributed by atoms with Crippen molar-refractivity contribution in [2.75, 3.05) is 23.9 Å². The maximum atomic E-state index is 10.9. The number of rotatable bonds is 7. The third-order valence-electron chi connectivity index (χ3n) is 2.02. The predicted molar refractivity (Wildman–Crippen MR) is 65.2 cm³/mol. The number of nitrogens with zero attached hydrogens (tertiary/aromatic N) is 2. The average molecular weight is 243 g/mol. The number of allylic oxidation sites excluding steroid dienone is 1. The summed E-state index contributed by atoms with van der Waals surface area (Å²) in [7, 11) is -2.87. The van der Waals surface area contributed by atoms with Crippen LogP contribution in [-0.4, -0.2) is 36.5 Å². The first kappa shape index (κ1) is 12.8. The Labute approximate surface area is 96.1 Å². The van der Waals surface area contributed by atoms with Crippen LogP contribution in [0, 0.1) is 0 Å². The molecule has 0 fully saturated rings. The number of hydrogen-bond donors (Lipinski definition) is 1. The van der Waals surface area contributed by atoms with Crippen molar-refractivity contribution < 1.29 is 8.42 Å². The highest BCUT2D eigenvalue weighted by atomic mass is 32.2. The van der Waals surface area contributed by atoms with Crippen LogP contribution in [0.15, 0.2) is 25.0 Å². The molecule has 0 radical (unpaired) electrons. The van der Waals surface area contributed by atoms with Crippen molar-refractivity contribution in [2.45, 2.75) is 13.0 Å². The SMILES string of the molecule is C=CCn1ccnc1NCCCS(C)(=O)=O. The van der Waals surface area contributed by atoms with Crippen LogP contribution in [0.4, 0.5) is 5.95 Å². The van der Waals surface area contributed by atoms with Gasteiger partial charge in [0.1, 0.15) is 9.84 Å². The van der Waals surface area contributed by atoms with Gasteiger partial charge in [-0.25, -0.2) is 13.4 Å². The molecule has 0 saturated carbocycles. The van der Waals surface area contributed by atoms with Crippen molar-refractivity contribution in [3.63, 3.8) is 0 Å². The van der Waals surface area contributed by atoms with Gasteiger partial charge in [0, 0.05) is 31.7 Å². The zero-order valence-corrected chi connectivity index (χ0v) is 10.2. The molecule has 0 aromatic carbocycles. The highest BCUT2D eigenvalue weighted by molar-refractivity contribution is 7.90. The molecule has 0 spiro atoms. The number of nitrogens with one attached hydrogen (secondary N) is 1. The normalized spacial score (nSPS) is 11.3. The maximum Gasteiger partial charge on any atom is 0.203 e. The summed E-state index contributed by atoms with van der Waals surface area (Å²) in [4.78, 5) is 4.12. The maximum absolute atomic E-state index is 10.9. The van der Waals surface area contributed by atoms with E-state index < -0.39 is 9.84 Å². The lowest BCUT2D eigenvalue weighted by atomic mass is 10.5. The molecule has 0 atom stereocenters. The van der Waals surface area contributed by atoms with Gasteiger partial charge < -0.3 is 9.88 Å². The van der Waals surface area contributed by atoms with E-state index in [9.17, 15) is 8.42 Å². The average Bonchev–Trinajstić information content (AvgIpc) is 2.60. The minimum atomic E-state index is -2.87. The topological polar surface area (TPSA) is 64.0 Å². The van der Waals surface area contributed by atoms with Crippen molar-refractivity contribution in [3.05, 3.63) is 25.0 Å². The fourth-order valence-electron chi connectivity index (χ4n) is 1.30. The smallest absolute Gasteiger partial charge is 0.203 e. The number of aromatic nitrogens is 2. The van der Waals surface area contributed by atoms with Gasteiger partial charge in [-0.05, 0) is 6.42 Å². The van der Waals surface area contributed by atoms with Gasteiger partial charge in [-0.15, -0.1) is 6.58 Å². The summed E-state index contributed by atoms with van der Waals surface area (Å²) in [6.07, 6.45) is 7.15. The summed E-state index contributed by atoms with van der Waals surface area (Å²) in [5.74, 6) is 0.940. The Hall–Kier alpha value is -1.30. The van der Waals surface area contributed by atoms with Crippen molar-refractivity contribution >= 4 is 15.8 Å². The van der Waals surface area contributed by atoms with Gasteiger partial charge in [-0.2, -0.15) is 0 Å². The molecule has 1 rings (SSSR count). The molecule has 0 saturated heterocycles. The Morgan fingerprint density at radius 2 is 2.38 bits per heavy atom. The zero-order valence-electron chi connectivity index (χ0n) is 9.39. The van der Waals surface area contributed by atoms with Crippen LogP contribution in [-0.2, 0) is 16.4 Å². The van der Waals surface area contributed by atoms with Gasteiger partial charge in [0.2, 0.25) is 5.95 Å². The minimum Gasteiger partial charge on any atom is -0.356 e. The molecule has 5 nitrogen and oxygen atoms in total. The van der Waals surface area contributed by atoms with Gasteiger partial charge in [0.25, 0.3) is 0 Å². The largest absolute Gasteiger partial charge is 0.356 e. The first-order chi connectivity index (χ1) is 7.53. The molecule has 1 N–H and O–H groups in total. The second-order valence-corrected chi connectivity index (χ2v) is 5.86. The summed E-state index contributed by atoms with van der Waals surface area (Å²) in [5, 5.41) is 3.09. The van der Waals surface area contributed by atoms with E-state index in [1.54, 1.807) is 12.3 Å². The van der Waals surface area contributed by atoms with Crippen molar-refractivity contribution in [1.82, 2.24) is 9.55 Å². The van der Waals surface area contributed by atoms with Crippen molar-refractivity contribution in [1.29, 1.82) is 0 Å². The molecule has 0 aliphatic heterocycles. The number of sulfone groups is 1. The summed E-state index contributed by atoms with van der Waals surface area (Å²) >= 11 is 0. The molecule has 0 bridgehead atoms. The predicted octanol–water partition coefficient (Wildman–Crippen LogP) is 0.916. The van der Waals surface area contributed by atoms with Crippen LogP contribution in [0.5, 0.6) is 0 Å². The van der Waals surface area contributed by atoms with E-state index in [-0.39, 0.29) is 5.75 Å². The van der Waals surface area contributed by atoms with E-state index in [4.69, 9.17) is 0 Å². The van der Waals surface area contributed by atoms with Gasteiger partial charge in [-0.3, -0.25) is 0 Å². The molecule has 0 aliphatic carbocycles. The first-order valence-corrected chi connectivity index (χ1v) is 7.12. The molecule has 1 aromatic heterocycles.